The Balaban J connectivity index is -0.00000000300. The standard InChI is InChI=1S/C4H9.4ClH.Li.Ti/c1-3-4-2;;;;;;/h1,3-4H2,2H3;4*1H;;/q-1;;;;;+1;+2/p-4. The molecular formula is C4H9Cl4LiTi-2. The fourth-order valence-electron chi connectivity index (χ4n) is 0. The Morgan fingerprint density at radius 2 is 1.10 bits per heavy atom. The van der Waals surface area contributed by atoms with E-state index >= 15 is 0 Å². The van der Waals surface area contributed by atoms with Gasteiger partial charge in [0.1, 0.15) is 0 Å². The molecule has 0 aromatic rings. The third-order valence-corrected chi connectivity index (χ3v) is 0.354. The third-order valence-electron chi connectivity index (χ3n) is 0.354. The molecule has 0 aliphatic carbocycles. The first-order valence-electron chi connectivity index (χ1n) is 1.71. The Morgan fingerprint density at radius 1 is 1.00 bits per heavy atom. The first-order chi connectivity index (χ1) is 1.91. The van der Waals surface area contributed by atoms with Gasteiger partial charge in [-0.05, 0) is 0 Å². The summed E-state index contributed by atoms with van der Waals surface area (Å²) in [6.07, 6.45) is 2.28. The Labute approximate surface area is 116 Å². The molecular weight excluding hydrogens is 245 g/mol. The smallest absolute Gasteiger partial charge is 1.00 e. The van der Waals surface area contributed by atoms with E-state index in [0.717, 1.165) is 6.42 Å². The summed E-state index contributed by atoms with van der Waals surface area (Å²) < 4.78 is 0. The van der Waals surface area contributed by atoms with Gasteiger partial charge in [-0.15, -0.1) is 0 Å². The average Bonchev–Trinajstić information content (AvgIpc) is 1.37. The third kappa shape index (κ3) is 77.9. The molecule has 0 N–H and O–H groups in total. The molecule has 0 nitrogen and oxygen atoms in total. The van der Waals surface area contributed by atoms with E-state index < -0.39 is 0 Å². The molecule has 0 fully saturated rings. The van der Waals surface area contributed by atoms with E-state index in [1.165, 1.54) is 6.42 Å². The Kier molecular flexibility index (Phi) is 345. The summed E-state index contributed by atoms with van der Waals surface area (Å²) in [4.78, 5) is 0. The van der Waals surface area contributed by atoms with Crippen LogP contribution in [0.25, 0.3) is 0 Å². The second-order valence-electron chi connectivity index (χ2n) is 0.854. The first-order valence-corrected chi connectivity index (χ1v) is 1.71. The van der Waals surface area contributed by atoms with Crippen LogP contribution in [0.4, 0.5) is 0 Å². The molecule has 0 radical (unpaired) electrons. The van der Waals surface area contributed by atoms with Crippen molar-refractivity contribution >= 4 is 0 Å². The van der Waals surface area contributed by atoms with E-state index in [4.69, 9.17) is 0 Å². The van der Waals surface area contributed by atoms with E-state index in [9.17, 15) is 0 Å². The van der Waals surface area contributed by atoms with Gasteiger partial charge in [0.05, 0.1) is 0 Å². The van der Waals surface area contributed by atoms with Crippen LogP contribution >= 0.6 is 0 Å². The normalized spacial score (nSPS) is 3.00. The topological polar surface area (TPSA) is 0 Å². The van der Waals surface area contributed by atoms with Crippen LogP contribution in [0.5, 0.6) is 0 Å². The van der Waals surface area contributed by atoms with E-state index in [1.807, 2.05) is 0 Å². The SMILES string of the molecule is [CH2-]CCC.[Cl-].[Cl-].[Cl-].[Cl-].[Li+].[Ti+2]. The molecule has 6 heteroatoms. The predicted molar refractivity (Wildman–Crippen MR) is 20.3 cm³/mol. The van der Waals surface area contributed by atoms with E-state index in [2.05, 4.69) is 13.8 Å². The largest absolute Gasteiger partial charge is 2.00 e. The van der Waals surface area contributed by atoms with Crippen molar-refractivity contribution in [2.45, 2.75) is 19.8 Å². The molecule has 0 saturated carbocycles. The fourth-order valence-corrected chi connectivity index (χ4v) is 0. The predicted octanol–water partition coefficient (Wildman–Crippen LogP) is -13.4. The minimum atomic E-state index is 0. The molecule has 0 heterocycles. The molecule has 0 atom stereocenters. The molecule has 0 aliphatic heterocycles. The number of hydrogen-bond acceptors (Lipinski definition) is 0. The Bertz CT molecular complexity index is 19.2. The van der Waals surface area contributed by atoms with Gasteiger partial charge < -0.3 is 56.6 Å². The molecule has 60 valence electrons. The van der Waals surface area contributed by atoms with Gasteiger partial charge in [-0.3, -0.25) is 0 Å². The molecule has 0 spiro atoms. The summed E-state index contributed by atoms with van der Waals surface area (Å²) in [5.41, 5.74) is 0. The van der Waals surface area contributed by atoms with Gasteiger partial charge in [-0.25, -0.2) is 0 Å². The van der Waals surface area contributed by atoms with Gasteiger partial charge in [0, 0.05) is 0 Å². The summed E-state index contributed by atoms with van der Waals surface area (Å²) in [5, 5.41) is 0. The zero-order valence-corrected chi connectivity index (χ0v) is 10.7. The van der Waals surface area contributed by atoms with Crippen molar-refractivity contribution in [2.24, 2.45) is 0 Å². The molecule has 0 aromatic heterocycles. The number of rotatable bonds is 1. The van der Waals surface area contributed by atoms with Gasteiger partial charge in [0.25, 0.3) is 0 Å². The Morgan fingerprint density at radius 3 is 1.10 bits per heavy atom. The van der Waals surface area contributed by atoms with Crippen molar-refractivity contribution in [3.63, 3.8) is 0 Å². The molecule has 0 aliphatic rings. The van der Waals surface area contributed by atoms with Gasteiger partial charge in [0.2, 0.25) is 0 Å². The van der Waals surface area contributed by atoms with Gasteiger partial charge in [-0.2, -0.15) is 6.42 Å². The minimum Gasteiger partial charge on any atom is -1.00 e. The zero-order valence-electron chi connectivity index (χ0n) is 6.13. The fraction of sp³-hybridized carbons (Fsp3) is 0.750. The molecule has 0 amide bonds. The van der Waals surface area contributed by atoms with Crippen LogP contribution in [-0.4, -0.2) is 0 Å². The van der Waals surface area contributed by atoms with Crippen LogP contribution < -0.4 is 68.5 Å². The number of hydrogen-bond donors (Lipinski definition) is 0. The molecule has 0 rings (SSSR count). The Hall–Kier alpha value is 2.47. The van der Waals surface area contributed by atoms with Crippen molar-refractivity contribution in [2.75, 3.05) is 0 Å². The van der Waals surface area contributed by atoms with Crippen LogP contribution in [0.2, 0.25) is 0 Å². The second kappa shape index (κ2) is 62.9. The summed E-state index contributed by atoms with van der Waals surface area (Å²) in [6, 6.07) is 0. The van der Waals surface area contributed by atoms with Crippen LogP contribution in [0.3, 0.4) is 0 Å². The average molecular weight is 254 g/mol. The van der Waals surface area contributed by atoms with E-state index in [1.54, 1.807) is 0 Å². The van der Waals surface area contributed by atoms with Gasteiger partial charge in [0.15, 0.2) is 0 Å². The first kappa shape index (κ1) is 54.8. The van der Waals surface area contributed by atoms with Crippen molar-refractivity contribution in [3.8, 4) is 0 Å². The van der Waals surface area contributed by atoms with Crippen molar-refractivity contribution in [1.29, 1.82) is 0 Å². The van der Waals surface area contributed by atoms with Crippen molar-refractivity contribution in [3.05, 3.63) is 6.92 Å². The van der Waals surface area contributed by atoms with Crippen LogP contribution in [0.1, 0.15) is 19.8 Å². The summed E-state index contributed by atoms with van der Waals surface area (Å²) >= 11 is 0. The van der Waals surface area contributed by atoms with Crippen LogP contribution in [0.15, 0.2) is 0 Å². The maximum Gasteiger partial charge on any atom is 2.00 e. The maximum atomic E-state index is 3.60. The quantitative estimate of drug-likeness (QED) is 0.322. The monoisotopic (exact) mass is 252 g/mol. The summed E-state index contributed by atoms with van der Waals surface area (Å²) in [7, 11) is 0. The molecule has 10 heavy (non-hydrogen) atoms. The molecule has 0 unspecified atom stereocenters. The summed E-state index contributed by atoms with van der Waals surface area (Å²) in [6.45, 7) is 5.72. The van der Waals surface area contributed by atoms with E-state index in [-0.39, 0.29) is 90.2 Å². The van der Waals surface area contributed by atoms with Gasteiger partial charge in [-0.1, -0.05) is 13.3 Å². The maximum absolute atomic E-state index is 3.60. The molecule has 0 saturated heterocycles. The number of unbranched alkanes of at least 4 members (excludes halogenated alkanes) is 1. The number of halogens is 4. The molecule has 0 aromatic carbocycles. The zero-order chi connectivity index (χ0) is 3.41. The van der Waals surface area contributed by atoms with Crippen molar-refractivity contribution in [1.82, 2.24) is 0 Å². The summed E-state index contributed by atoms with van der Waals surface area (Å²) in [5.74, 6) is 0. The van der Waals surface area contributed by atoms with Gasteiger partial charge >= 0.3 is 40.6 Å². The molecule has 0 bridgehead atoms. The van der Waals surface area contributed by atoms with Crippen LogP contribution in [0, 0.1) is 6.92 Å². The van der Waals surface area contributed by atoms with E-state index in [0.29, 0.717) is 0 Å². The van der Waals surface area contributed by atoms with Crippen LogP contribution in [-0.2, 0) is 21.7 Å². The minimum absolute atomic E-state index is 0. The second-order valence-corrected chi connectivity index (χ2v) is 0.854. The van der Waals surface area contributed by atoms with Crippen molar-refractivity contribution < 1.29 is 90.2 Å².